The van der Waals surface area contributed by atoms with Gasteiger partial charge in [0.05, 0.1) is 5.54 Å². The van der Waals surface area contributed by atoms with Gasteiger partial charge in [-0.1, -0.05) is 143 Å². The van der Waals surface area contributed by atoms with E-state index >= 15 is 0 Å². The molecule has 1 nitrogen and oxygen atoms in total. The number of rotatable bonds is 8. The molecule has 0 fully saturated rings. The fourth-order valence-electron chi connectivity index (χ4n) is 5.24. The van der Waals surface area contributed by atoms with E-state index in [9.17, 15) is 0 Å². The predicted octanol–water partition coefficient (Wildman–Crippen LogP) is 10.5. The molecule has 0 saturated heterocycles. The lowest BCUT2D eigenvalue weighted by molar-refractivity contribution is 0.528. The van der Waals surface area contributed by atoms with Crippen molar-refractivity contribution in [2.75, 3.05) is 0 Å². The first-order valence-electron chi connectivity index (χ1n) is 14.3. The second-order valence-corrected chi connectivity index (χ2v) is 10.2. The van der Waals surface area contributed by atoms with Crippen LogP contribution in [0.5, 0.6) is 0 Å². The van der Waals surface area contributed by atoms with E-state index in [-0.39, 0.29) is 5.54 Å². The average molecular weight is 516 g/mol. The molecule has 0 heterocycles. The van der Waals surface area contributed by atoms with Crippen LogP contribution in [-0.2, 0) is 5.54 Å². The first-order chi connectivity index (χ1) is 18.9. The molecule has 0 radical (unpaired) electrons. The second-order valence-electron chi connectivity index (χ2n) is 10.2. The van der Waals surface area contributed by atoms with Crippen molar-refractivity contribution in [3.8, 4) is 0 Å². The first kappa shape index (κ1) is 29.7. The number of benzene rings is 3. The molecule has 1 heteroatoms. The second kappa shape index (κ2) is 14.4. The number of nitrogens with one attached hydrogen (secondary N) is 1. The molecule has 0 amide bonds. The molecule has 39 heavy (non-hydrogen) atoms. The molecule has 3 aromatic carbocycles. The third-order valence-electron chi connectivity index (χ3n) is 7.34. The SMILES string of the molecule is C=C1/C=C\C=C/C(C)(N/C=C(\C(C)=C/C(CCC)c2ccccc2C)c2ccccc2)c2ccccc21.CC. The summed E-state index contributed by atoms with van der Waals surface area (Å²) in [6.45, 7) is 17.3. The molecule has 2 atom stereocenters. The van der Waals surface area contributed by atoms with Crippen LogP contribution in [0.2, 0.25) is 0 Å². The first-order valence-corrected chi connectivity index (χ1v) is 14.3. The van der Waals surface area contributed by atoms with Crippen molar-refractivity contribution < 1.29 is 0 Å². The highest BCUT2D eigenvalue weighted by atomic mass is 14.9. The van der Waals surface area contributed by atoms with Crippen molar-refractivity contribution in [2.24, 2.45) is 0 Å². The van der Waals surface area contributed by atoms with Gasteiger partial charge in [0, 0.05) is 12.1 Å². The zero-order chi connectivity index (χ0) is 28.3. The van der Waals surface area contributed by atoms with Crippen LogP contribution in [-0.4, -0.2) is 0 Å². The number of hydrogen-bond donors (Lipinski definition) is 1. The Hall–Kier alpha value is -3.84. The van der Waals surface area contributed by atoms with Gasteiger partial charge in [-0.3, -0.25) is 0 Å². The summed E-state index contributed by atoms with van der Waals surface area (Å²) in [4.78, 5) is 0. The Labute approximate surface area is 237 Å². The standard InChI is InChI=1S/C36H39N.C2H6/c1-6-16-31(32-21-11-10-17-27(32)2)25-29(4)34(30-19-8-7-9-20-30)26-37-36(5)24-15-14-18-28(3)33-22-12-13-23-35(33)36;1-2/h7-15,17-26,31,37H,3,6,16H2,1-2,4-5H3;1-2H3/b18-14-,24-15-,29-25-,34-26+;. The monoisotopic (exact) mass is 515 g/mol. The quantitative estimate of drug-likeness (QED) is 0.294. The molecule has 2 unspecified atom stereocenters. The third kappa shape index (κ3) is 7.39. The van der Waals surface area contributed by atoms with Crippen LogP contribution in [0.4, 0.5) is 0 Å². The van der Waals surface area contributed by atoms with Crippen LogP contribution in [0.25, 0.3) is 11.1 Å². The highest BCUT2D eigenvalue weighted by Gasteiger charge is 2.26. The molecule has 0 bridgehead atoms. The fourth-order valence-corrected chi connectivity index (χ4v) is 5.24. The van der Waals surface area contributed by atoms with Crippen LogP contribution in [0.1, 0.15) is 81.2 Å². The van der Waals surface area contributed by atoms with E-state index in [0.717, 1.165) is 18.4 Å². The Morgan fingerprint density at radius 1 is 0.923 bits per heavy atom. The summed E-state index contributed by atoms with van der Waals surface area (Å²) in [5, 5.41) is 3.81. The Bertz CT molecular complexity index is 1350. The summed E-state index contributed by atoms with van der Waals surface area (Å²) < 4.78 is 0. The van der Waals surface area contributed by atoms with Crippen LogP contribution >= 0.6 is 0 Å². The predicted molar refractivity (Wildman–Crippen MR) is 173 cm³/mol. The minimum Gasteiger partial charge on any atom is -0.378 e. The van der Waals surface area contributed by atoms with Gasteiger partial charge in [-0.2, -0.15) is 0 Å². The van der Waals surface area contributed by atoms with E-state index in [4.69, 9.17) is 0 Å². The van der Waals surface area contributed by atoms with Gasteiger partial charge in [-0.15, -0.1) is 0 Å². The molecule has 4 rings (SSSR count). The van der Waals surface area contributed by atoms with Gasteiger partial charge in [0.25, 0.3) is 0 Å². The van der Waals surface area contributed by atoms with Crippen molar-refractivity contribution >= 4 is 11.1 Å². The van der Waals surface area contributed by atoms with Crippen molar-refractivity contribution in [3.05, 3.63) is 155 Å². The maximum Gasteiger partial charge on any atom is 0.0785 e. The van der Waals surface area contributed by atoms with Crippen molar-refractivity contribution in [1.82, 2.24) is 5.32 Å². The molecule has 0 spiro atoms. The average Bonchev–Trinajstić information content (AvgIpc) is 2.96. The van der Waals surface area contributed by atoms with Gasteiger partial charge in [-0.05, 0) is 71.7 Å². The number of aryl methyl sites for hydroxylation is 1. The molecular formula is C38H45N. The highest BCUT2D eigenvalue weighted by Crippen LogP contribution is 2.34. The van der Waals surface area contributed by atoms with Gasteiger partial charge in [-0.25, -0.2) is 0 Å². The van der Waals surface area contributed by atoms with E-state index in [1.807, 2.05) is 13.8 Å². The van der Waals surface area contributed by atoms with Gasteiger partial charge in [0.1, 0.15) is 0 Å². The largest absolute Gasteiger partial charge is 0.378 e. The van der Waals surface area contributed by atoms with Crippen LogP contribution in [0, 0.1) is 6.92 Å². The highest BCUT2D eigenvalue weighted by molar-refractivity contribution is 5.79. The zero-order valence-electron chi connectivity index (χ0n) is 24.7. The maximum absolute atomic E-state index is 4.31. The van der Waals surface area contributed by atoms with E-state index in [2.05, 4.69) is 155 Å². The molecule has 1 aliphatic carbocycles. The number of allylic oxidation sites excluding steroid dienone is 7. The molecule has 1 aliphatic rings. The smallest absolute Gasteiger partial charge is 0.0785 e. The summed E-state index contributed by atoms with van der Waals surface area (Å²) in [5.41, 5.74) is 9.48. The summed E-state index contributed by atoms with van der Waals surface area (Å²) in [6.07, 6.45) is 15.4. The zero-order valence-corrected chi connectivity index (χ0v) is 24.7. The molecular weight excluding hydrogens is 470 g/mol. The van der Waals surface area contributed by atoms with E-state index < -0.39 is 0 Å². The van der Waals surface area contributed by atoms with Gasteiger partial charge in [0.2, 0.25) is 0 Å². The summed E-state index contributed by atoms with van der Waals surface area (Å²) >= 11 is 0. The number of fused-ring (bicyclic) bond motifs is 1. The van der Waals surface area contributed by atoms with Gasteiger partial charge in [0.15, 0.2) is 0 Å². The molecule has 202 valence electrons. The third-order valence-corrected chi connectivity index (χ3v) is 7.34. The lowest BCUT2D eigenvalue weighted by Crippen LogP contribution is -2.35. The fraction of sp³-hybridized carbons (Fsp3) is 0.263. The molecule has 0 saturated carbocycles. The molecule has 3 aromatic rings. The summed E-state index contributed by atoms with van der Waals surface area (Å²) in [7, 11) is 0. The Morgan fingerprint density at radius 3 is 2.31 bits per heavy atom. The van der Waals surface area contributed by atoms with Crippen LogP contribution in [0.15, 0.2) is 128 Å². The minimum absolute atomic E-state index is 0.379. The van der Waals surface area contributed by atoms with Crippen LogP contribution in [0.3, 0.4) is 0 Å². The minimum atomic E-state index is -0.385. The van der Waals surface area contributed by atoms with E-state index in [1.54, 1.807) is 0 Å². The van der Waals surface area contributed by atoms with Gasteiger partial charge >= 0.3 is 0 Å². The van der Waals surface area contributed by atoms with Crippen molar-refractivity contribution in [1.29, 1.82) is 0 Å². The normalized spacial score (nSPS) is 19.5. The summed E-state index contributed by atoms with van der Waals surface area (Å²) in [5.74, 6) is 0.379. The van der Waals surface area contributed by atoms with Crippen LogP contribution < -0.4 is 5.32 Å². The van der Waals surface area contributed by atoms with Crippen molar-refractivity contribution in [3.63, 3.8) is 0 Å². The Kier molecular flexibility index (Phi) is 10.9. The van der Waals surface area contributed by atoms with E-state index in [0.29, 0.717) is 5.92 Å². The summed E-state index contributed by atoms with van der Waals surface area (Å²) in [6, 6.07) is 28.0. The number of hydrogen-bond acceptors (Lipinski definition) is 1. The van der Waals surface area contributed by atoms with Crippen molar-refractivity contribution in [2.45, 2.75) is 65.8 Å². The molecule has 0 aliphatic heterocycles. The molecule has 0 aromatic heterocycles. The molecule has 1 N–H and O–H groups in total. The lowest BCUT2D eigenvalue weighted by Gasteiger charge is -2.31. The maximum atomic E-state index is 4.31. The topological polar surface area (TPSA) is 12.0 Å². The lowest BCUT2D eigenvalue weighted by atomic mass is 9.83. The Balaban J connectivity index is 0.00000205. The van der Waals surface area contributed by atoms with E-state index in [1.165, 1.54) is 39.0 Å². The van der Waals surface area contributed by atoms with Gasteiger partial charge < -0.3 is 5.32 Å². The Morgan fingerprint density at radius 2 is 1.59 bits per heavy atom.